The second-order valence-electron chi connectivity index (χ2n) is 3.35. The summed E-state index contributed by atoms with van der Waals surface area (Å²) in [5.74, 6) is -0.404. The molecule has 0 aliphatic carbocycles. The summed E-state index contributed by atoms with van der Waals surface area (Å²) in [7, 11) is 0. The van der Waals surface area contributed by atoms with Gasteiger partial charge in [0.2, 0.25) is 5.78 Å². The number of hydrogen-bond acceptors (Lipinski definition) is 2. The molecule has 1 aromatic carbocycles. The Labute approximate surface area is 105 Å². The molecule has 1 nitrogen and oxygen atoms in total. The summed E-state index contributed by atoms with van der Waals surface area (Å²) in [4.78, 5) is 13.7. The molecule has 16 heavy (non-hydrogen) atoms. The molecule has 0 bridgehead atoms. The smallest absolute Gasteiger partial charge is 0.202 e. The van der Waals surface area contributed by atoms with Crippen LogP contribution in [0, 0.1) is 12.7 Å². The van der Waals surface area contributed by atoms with Gasteiger partial charge in [0.25, 0.3) is 0 Å². The van der Waals surface area contributed by atoms with Crippen molar-refractivity contribution in [3.05, 3.63) is 55.9 Å². The molecular weight excluding hydrogens is 291 g/mol. The number of rotatable bonds is 2. The number of ketones is 1. The van der Waals surface area contributed by atoms with Crippen molar-refractivity contribution in [2.75, 3.05) is 0 Å². The largest absolute Gasteiger partial charge is 0.288 e. The molecule has 2 rings (SSSR count). The number of thiophene rings is 1. The fraction of sp³-hybridized carbons (Fsp3) is 0.0833. The van der Waals surface area contributed by atoms with Crippen molar-refractivity contribution in [2.24, 2.45) is 0 Å². The maximum Gasteiger partial charge on any atom is 0.202 e. The van der Waals surface area contributed by atoms with Gasteiger partial charge in [0.15, 0.2) is 0 Å². The molecule has 0 amide bonds. The predicted molar refractivity (Wildman–Crippen MR) is 66.6 cm³/mol. The average Bonchev–Trinajstić information content (AvgIpc) is 2.59. The van der Waals surface area contributed by atoms with E-state index < -0.39 is 0 Å². The Hall–Kier alpha value is -1.000. The molecule has 1 aromatic heterocycles. The number of halogens is 2. The predicted octanol–water partition coefficient (Wildman–Crippen LogP) is 4.19. The maximum absolute atomic E-state index is 12.7. The van der Waals surface area contributed by atoms with Crippen LogP contribution in [0.2, 0.25) is 0 Å². The van der Waals surface area contributed by atoms with Gasteiger partial charge in [-0.15, -0.1) is 11.3 Å². The second kappa shape index (κ2) is 4.47. The van der Waals surface area contributed by atoms with Gasteiger partial charge in [-0.1, -0.05) is 0 Å². The topological polar surface area (TPSA) is 17.1 Å². The molecule has 82 valence electrons. The van der Waals surface area contributed by atoms with E-state index in [1.165, 1.54) is 35.6 Å². The standard InChI is InChI=1S/C12H8BrFOS/c1-7-10(13)6-11(16-7)12(15)8-2-4-9(14)5-3-8/h2-6H,1H3. The van der Waals surface area contributed by atoms with Crippen LogP contribution in [0.4, 0.5) is 4.39 Å². The second-order valence-corrected chi connectivity index (χ2v) is 5.46. The molecule has 0 aliphatic heterocycles. The van der Waals surface area contributed by atoms with Crippen molar-refractivity contribution in [3.63, 3.8) is 0 Å². The summed E-state index contributed by atoms with van der Waals surface area (Å²) in [6.45, 7) is 1.94. The molecule has 0 unspecified atom stereocenters. The van der Waals surface area contributed by atoms with Crippen LogP contribution in [0.1, 0.15) is 20.1 Å². The molecule has 0 fully saturated rings. The summed E-state index contributed by atoms with van der Waals surface area (Å²) in [5, 5.41) is 0. The molecular formula is C12H8BrFOS. The Bertz CT molecular complexity index is 511. The van der Waals surface area contributed by atoms with Gasteiger partial charge in [-0.25, -0.2) is 4.39 Å². The van der Waals surface area contributed by atoms with Crippen LogP contribution in [0.3, 0.4) is 0 Å². The van der Waals surface area contributed by atoms with Crippen LogP contribution in [0.5, 0.6) is 0 Å². The van der Waals surface area contributed by atoms with Gasteiger partial charge in [0, 0.05) is 14.9 Å². The van der Waals surface area contributed by atoms with E-state index in [4.69, 9.17) is 0 Å². The van der Waals surface area contributed by atoms with E-state index in [1.54, 1.807) is 6.07 Å². The first-order valence-corrected chi connectivity index (χ1v) is 6.25. The number of carbonyl (C=O) groups is 1. The van der Waals surface area contributed by atoms with E-state index in [1.807, 2.05) is 6.92 Å². The first kappa shape index (κ1) is 11.5. The van der Waals surface area contributed by atoms with Crippen molar-refractivity contribution in [1.82, 2.24) is 0 Å². The Kier molecular flexibility index (Phi) is 3.21. The fourth-order valence-electron chi connectivity index (χ4n) is 1.32. The average molecular weight is 299 g/mol. The number of aryl methyl sites for hydroxylation is 1. The van der Waals surface area contributed by atoms with E-state index in [0.29, 0.717) is 10.4 Å². The third kappa shape index (κ3) is 2.23. The molecule has 4 heteroatoms. The van der Waals surface area contributed by atoms with Crippen molar-refractivity contribution >= 4 is 33.0 Å². The van der Waals surface area contributed by atoms with Gasteiger partial charge in [-0.2, -0.15) is 0 Å². The molecule has 0 saturated heterocycles. The van der Waals surface area contributed by atoms with Crippen molar-refractivity contribution in [3.8, 4) is 0 Å². The monoisotopic (exact) mass is 298 g/mol. The Morgan fingerprint density at radius 1 is 1.31 bits per heavy atom. The van der Waals surface area contributed by atoms with Crippen molar-refractivity contribution in [2.45, 2.75) is 6.92 Å². The van der Waals surface area contributed by atoms with Crippen LogP contribution < -0.4 is 0 Å². The molecule has 0 spiro atoms. The summed E-state index contributed by atoms with van der Waals surface area (Å²) >= 11 is 4.80. The minimum absolute atomic E-state index is 0.0706. The molecule has 0 atom stereocenters. The third-order valence-corrected chi connectivity index (χ3v) is 4.32. The zero-order chi connectivity index (χ0) is 11.7. The van der Waals surface area contributed by atoms with E-state index in [0.717, 1.165) is 9.35 Å². The zero-order valence-corrected chi connectivity index (χ0v) is 10.9. The number of benzene rings is 1. The summed E-state index contributed by atoms with van der Waals surface area (Å²) in [6.07, 6.45) is 0. The number of carbonyl (C=O) groups excluding carboxylic acids is 1. The minimum atomic E-state index is -0.333. The molecule has 2 aromatic rings. The van der Waals surface area contributed by atoms with Crippen LogP contribution in [-0.4, -0.2) is 5.78 Å². The lowest BCUT2D eigenvalue weighted by atomic mass is 10.1. The molecule has 0 radical (unpaired) electrons. The highest BCUT2D eigenvalue weighted by Crippen LogP contribution is 2.28. The van der Waals surface area contributed by atoms with Gasteiger partial charge in [-0.3, -0.25) is 4.79 Å². The summed E-state index contributed by atoms with van der Waals surface area (Å²) in [6, 6.07) is 7.39. The normalized spacial score (nSPS) is 10.4. The first-order valence-electron chi connectivity index (χ1n) is 4.64. The quantitative estimate of drug-likeness (QED) is 0.760. The van der Waals surface area contributed by atoms with E-state index in [-0.39, 0.29) is 11.6 Å². The van der Waals surface area contributed by atoms with Gasteiger partial charge in [-0.05, 0) is 53.2 Å². The lowest BCUT2D eigenvalue weighted by Gasteiger charge is -1.97. The molecule has 1 heterocycles. The van der Waals surface area contributed by atoms with Gasteiger partial charge >= 0.3 is 0 Å². The molecule has 0 N–H and O–H groups in total. The van der Waals surface area contributed by atoms with E-state index in [2.05, 4.69) is 15.9 Å². The van der Waals surface area contributed by atoms with Crippen LogP contribution in [-0.2, 0) is 0 Å². The van der Waals surface area contributed by atoms with E-state index in [9.17, 15) is 9.18 Å². The molecule has 0 aliphatic rings. The van der Waals surface area contributed by atoms with Gasteiger partial charge in [0.1, 0.15) is 5.82 Å². The highest BCUT2D eigenvalue weighted by atomic mass is 79.9. The lowest BCUT2D eigenvalue weighted by Crippen LogP contribution is -1.97. The van der Waals surface area contributed by atoms with E-state index >= 15 is 0 Å². The Morgan fingerprint density at radius 2 is 1.94 bits per heavy atom. The lowest BCUT2D eigenvalue weighted by molar-refractivity contribution is 0.104. The zero-order valence-electron chi connectivity index (χ0n) is 8.46. The summed E-state index contributed by atoms with van der Waals surface area (Å²) < 4.78 is 13.6. The third-order valence-electron chi connectivity index (χ3n) is 2.19. The highest BCUT2D eigenvalue weighted by Gasteiger charge is 2.13. The first-order chi connectivity index (χ1) is 7.58. The van der Waals surface area contributed by atoms with Crippen molar-refractivity contribution < 1.29 is 9.18 Å². The van der Waals surface area contributed by atoms with Crippen LogP contribution in [0.15, 0.2) is 34.8 Å². The van der Waals surface area contributed by atoms with Gasteiger partial charge in [0.05, 0.1) is 4.88 Å². The summed E-state index contributed by atoms with van der Waals surface area (Å²) in [5.41, 5.74) is 0.509. The minimum Gasteiger partial charge on any atom is -0.288 e. The fourth-order valence-corrected chi connectivity index (χ4v) is 2.81. The van der Waals surface area contributed by atoms with Crippen molar-refractivity contribution in [1.29, 1.82) is 0 Å². The maximum atomic E-state index is 12.7. The van der Waals surface area contributed by atoms with Crippen LogP contribution >= 0.6 is 27.3 Å². The highest BCUT2D eigenvalue weighted by molar-refractivity contribution is 9.10. The Morgan fingerprint density at radius 3 is 2.44 bits per heavy atom. The Balaban J connectivity index is 2.35. The number of hydrogen-bond donors (Lipinski definition) is 0. The SMILES string of the molecule is Cc1sc(C(=O)c2ccc(F)cc2)cc1Br. The molecule has 0 saturated carbocycles. The van der Waals surface area contributed by atoms with Gasteiger partial charge < -0.3 is 0 Å². The van der Waals surface area contributed by atoms with Crippen LogP contribution in [0.25, 0.3) is 0 Å².